The summed E-state index contributed by atoms with van der Waals surface area (Å²) in [5, 5.41) is 3.32. The molecule has 1 unspecified atom stereocenters. The summed E-state index contributed by atoms with van der Waals surface area (Å²) < 4.78 is 0. The maximum atomic E-state index is 12.5. The van der Waals surface area contributed by atoms with Crippen LogP contribution in [0.15, 0.2) is 24.3 Å². The lowest BCUT2D eigenvalue weighted by Gasteiger charge is -2.25. The molecule has 0 fully saturated rings. The Kier molecular flexibility index (Phi) is 6.78. The number of para-hydroxylation sites is 1. The third-order valence-electron chi connectivity index (χ3n) is 3.11. The summed E-state index contributed by atoms with van der Waals surface area (Å²) in [5.41, 5.74) is 1.68. The van der Waals surface area contributed by atoms with Crippen molar-refractivity contribution >= 4 is 23.4 Å². The second kappa shape index (κ2) is 8.10. The van der Waals surface area contributed by atoms with E-state index < -0.39 is 0 Å². The largest absolute Gasteiger partial charge is 0.384 e. The number of hydrogen-bond acceptors (Lipinski definition) is 3. The molecule has 0 spiro atoms. The molecule has 0 saturated carbocycles. The van der Waals surface area contributed by atoms with Gasteiger partial charge in [0, 0.05) is 31.1 Å². The van der Waals surface area contributed by atoms with E-state index in [0.29, 0.717) is 0 Å². The van der Waals surface area contributed by atoms with Crippen molar-refractivity contribution in [1.82, 2.24) is 4.90 Å². The molecule has 3 nitrogen and oxygen atoms in total. The number of thioether (sulfide) groups is 1. The summed E-state index contributed by atoms with van der Waals surface area (Å²) in [6, 6.07) is 7.97. The minimum absolute atomic E-state index is 0.0840. The van der Waals surface area contributed by atoms with Crippen LogP contribution in [0.3, 0.4) is 0 Å². The van der Waals surface area contributed by atoms with Crippen molar-refractivity contribution < 1.29 is 4.79 Å². The van der Waals surface area contributed by atoms with Crippen molar-refractivity contribution in [3.05, 3.63) is 29.8 Å². The molecule has 0 bridgehead atoms. The van der Waals surface area contributed by atoms with Crippen molar-refractivity contribution in [2.75, 3.05) is 30.9 Å². The standard InChI is InChI=1S/C15H24N2OS/c1-5-10-16-14-9-7-6-8-13(14)15(18)17(3)12(2)11-19-4/h6-9,12,16H,5,10-11H2,1-4H3. The monoisotopic (exact) mass is 280 g/mol. The summed E-state index contributed by atoms with van der Waals surface area (Å²) in [6.45, 7) is 5.08. The predicted molar refractivity (Wildman–Crippen MR) is 85.2 cm³/mol. The molecule has 0 saturated heterocycles. The fourth-order valence-electron chi connectivity index (χ4n) is 1.83. The van der Waals surface area contributed by atoms with Crippen LogP contribution in [-0.2, 0) is 0 Å². The van der Waals surface area contributed by atoms with E-state index in [2.05, 4.69) is 25.4 Å². The molecule has 0 heterocycles. The lowest BCUT2D eigenvalue weighted by Crippen LogP contribution is -2.37. The molecule has 0 aliphatic carbocycles. The van der Waals surface area contributed by atoms with Gasteiger partial charge in [0.25, 0.3) is 5.91 Å². The minimum atomic E-state index is 0.0840. The normalized spacial score (nSPS) is 12.0. The van der Waals surface area contributed by atoms with E-state index in [4.69, 9.17) is 0 Å². The smallest absolute Gasteiger partial charge is 0.255 e. The summed E-state index contributed by atoms with van der Waals surface area (Å²) in [7, 11) is 1.87. The summed E-state index contributed by atoms with van der Waals surface area (Å²) >= 11 is 1.76. The van der Waals surface area contributed by atoms with Gasteiger partial charge in [-0.15, -0.1) is 0 Å². The highest BCUT2D eigenvalue weighted by Gasteiger charge is 2.19. The van der Waals surface area contributed by atoms with Gasteiger partial charge >= 0.3 is 0 Å². The molecule has 1 aromatic carbocycles. The number of amides is 1. The van der Waals surface area contributed by atoms with Crippen LogP contribution in [-0.4, -0.2) is 42.4 Å². The number of carbonyl (C=O) groups excluding carboxylic acids is 1. The lowest BCUT2D eigenvalue weighted by atomic mass is 10.1. The van der Waals surface area contributed by atoms with Crippen LogP contribution in [0.2, 0.25) is 0 Å². The molecule has 4 heteroatoms. The van der Waals surface area contributed by atoms with Crippen molar-refractivity contribution in [3.63, 3.8) is 0 Å². The number of nitrogens with one attached hydrogen (secondary N) is 1. The van der Waals surface area contributed by atoms with Gasteiger partial charge in [-0.3, -0.25) is 4.79 Å². The summed E-state index contributed by atoms with van der Waals surface area (Å²) in [4.78, 5) is 14.3. The molecule has 1 atom stereocenters. The lowest BCUT2D eigenvalue weighted by molar-refractivity contribution is 0.0758. The number of rotatable bonds is 7. The average Bonchev–Trinajstić information content (AvgIpc) is 2.44. The number of anilines is 1. The molecule has 1 N–H and O–H groups in total. The first-order chi connectivity index (χ1) is 9.11. The van der Waals surface area contributed by atoms with Crippen LogP contribution in [0.4, 0.5) is 5.69 Å². The molecular formula is C15H24N2OS. The Labute approximate surface area is 120 Å². The van der Waals surface area contributed by atoms with Gasteiger partial charge in [-0.05, 0) is 31.7 Å². The fraction of sp³-hybridized carbons (Fsp3) is 0.533. The SMILES string of the molecule is CCCNc1ccccc1C(=O)N(C)C(C)CSC. The molecule has 0 aliphatic heterocycles. The van der Waals surface area contributed by atoms with Gasteiger partial charge in [0.2, 0.25) is 0 Å². The van der Waals surface area contributed by atoms with E-state index in [-0.39, 0.29) is 11.9 Å². The maximum Gasteiger partial charge on any atom is 0.255 e. The minimum Gasteiger partial charge on any atom is -0.384 e. The predicted octanol–water partition coefficient (Wildman–Crippen LogP) is 3.33. The molecule has 19 heavy (non-hydrogen) atoms. The molecule has 1 aromatic rings. The van der Waals surface area contributed by atoms with Crippen LogP contribution < -0.4 is 5.32 Å². The molecule has 1 rings (SSSR count). The third-order valence-corrected chi connectivity index (χ3v) is 3.93. The van der Waals surface area contributed by atoms with E-state index in [1.54, 1.807) is 11.8 Å². The zero-order chi connectivity index (χ0) is 14.3. The van der Waals surface area contributed by atoms with Crippen molar-refractivity contribution in [2.24, 2.45) is 0 Å². The summed E-state index contributed by atoms with van der Waals surface area (Å²) in [6.07, 6.45) is 3.10. The molecular weight excluding hydrogens is 256 g/mol. The van der Waals surface area contributed by atoms with Crippen molar-refractivity contribution in [2.45, 2.75) is 26.3 Å². The Morgan fingerprint density at radius 2 is 2.11 bits per heavy atom. The number of nitrogens with zero attached hydrogens (tertiary/aromatic N) is 1. The number of benzene rings is 1. The second-order valence-corrected chi connectivity index (χ2v) is 5.60. The highest BCUT2D eigenvalue weighted by atomic mass is 32.2. The van der Waals surface area contributed by atoms with Gasteiger partial charge in [0.15, 0.2) is 0 Å². The Morgan fingerprint density at radius 1 is 1.42 bits per heavy atom. The van der Waals surface area contributed by atoms with Gasteiger partial charge in [-0.2, -0.15) is 11.8 Å². The van der Waals surface area contributed by atoms with Gasteiger partial charge in [0.1, 0.15) is 0 Å². The topological polar surface area (TPSA) is 32.3 Å². The van der Waals surface area contributed by atoms with E-state index in [1.807, 2.05) is 36.2 Å². The molecule has 0 aliphatic rings. The Morgan fingerprint density at radius 3 is 2.74 bits per heavy atom. The molecule has 0 radical (unpaired) electrons. The van der Waals surface area contributed by atoms with Gasteiger partial charge < -0.3 is 10.2 Å². The van der Waals surface area contributed by atoms with Crippen LogP contribution >= 0.6 is 11.8 Å². The quantitative estimate of drug-likeness (QED) is 0.831. The molecule has 0 aromatic heterocycles. The van der Waals surface area contributed by atoms with E-state index in [0.717, 1.165) is 30.0 Å². The number of carbonyl (C=O) groups is 1. The summed E-state index contributed by atoms with van der Waals surface area (Å²) in [5.74, 6) is 1.04. The first-order valence-electron chi connectivity index (χ1n) is 6.70. The van der Waals surface area contributed by atoms with Crippen LogP contribution in [0, 0.1) is 0 Å². The highest BCUT2D eigenvalue weighted by molar-refractivity contribution is 7.98. The zero-order valence-electron chi connectivity index (χ0n) is 12.3. The third kappa shape index (κ3) is 4.46. The Bertz CT molecular complexity index is 409. The van der Waals surface area contributed by atoms with E-state index >= 15 is 0 Å². The van der Waals surface area contributed by atoms with Crippen molar-refractivity contribution in [1.29, 1.82) is 0 Å². The second-order valence-electron chi connectivity index (χ2n) is 4.69. The van der Waals surface area contributed by atoms with E-state index in [9.17, 15) is 4.79 Å². The fourth-order valence-corrected chi connectivity index (χ4v) is 2.53. The highest BCUT2D eigenvalue weighted by Crippen LogP contribution is 2.18. The van der Waals surface area contributed by atoms with Gasteiger partial charge in [-0.1, -0.05) is 19.1 Å². The van der Waals surface area contributed by atoms with Gasteiger partial charge in [-0.25, -0.2) is 0 Å². The Balaban J connectivity index is 2.86. The number of hydrogen-bond donors (Lipinski definition) is 1. The average molecular weight is 280 g/mol. The molecule has 1 amide bonds. The van der Waals surface area contributed by atoms with Crippen LogP contribution in [0.5, 0.6) is 0 Å². The first kappa shape index (κ1) is 15.9. The first-order valence-corrected chi connectivity index (χ1v) is 8.10. The van der Waals surface area contributed by atoms with Crippen LogP contribution in [0.1, 0.15) is 30.6 Å². The maximum absolute atomic E-state index is 12.5. The molecule has 106 valence electrons. The van der Waals surface area contributed by atoms with E-state index in [1.165, 1.54) is 0 Å². The Hall–Kier alpha value is -1.16. The van der Waals surface area contributed by atoms with Crippen LogP contribution in [0.25, 0.3) is 0 Å². The van der Waals surface area contributed by atoms with Crippen molar-refractivity contribution in [3.8, 4) is 0 Å². The zero-order valence-corrected chi connectivity index (χ0v) is 13.1. The van der Waals surface area contributed by atoms with Gasteiger partial charge in [0.05, 0.1) is 5.56 Å².